The number of carbonyl (C=O) groups is 1. The lowest BCUT2D eigenvalue weighted by Gasteiger charge is -2.45. The summed E-state index contributed by atoms with van der Waals surface area (Å²) in [6, 6.07) is 0. The highest BCUT2D eigenvalue weighted by atomic mass is 16.6. The van der Waals surface area contributed by atoms with Crippen LogP contribution in [0.3, 0.4) is 0 Å². The molecule has 0 aliphatic carbocycles. The van der Waals surface area contributed by atoms with Gasteiger partial charge in [0.15, 0.2) is 5.60 Å². The molecule has 1 spiro atoms. The Labute approximate surface area is 78.4 Å². The SMILES string of the molecule is CCCN1CC2(C1)CN(C)C(=O)O2. The van der Waals surface area contributed by atoms with E-state index in [-0.39, 0.29) is 11.7 Å². The van der Waals surface area contributed by atoms with Crippen molar-refractivity contribution in [3.8, 4) is 0 Å². The summed E-state index contributed by atoms with van der Waals surface area (Å²) in [5.74, 6) is 0. The quantitative estimate of drug-likeness (QED) is 0.627. The molecule has 0 N–H and O–H groups in total. The molecule has 0 aromatic rings. The monoisotopic (exact) mass is 184 g/mol. The molecule has 0 aromatic heterocycles. The number of nitrogens with zero attached hydrogens (tertiary/aromatic N) is 2. The Morgan fingerprint density at radius 2 is 2.15 bits per heavy atom. The molecule has 1 amide bonds. The third kappa shape index (κ3) is 1.39. The van der Waals surface area contributed by atoms with Gasteiger partial charge in [-0.05, 0) is 13.0 Å². The maximum absolute atomic E-state index is 11.1. The third-order valence-corrected chi connectivity index (χ3v) is 2.70. The maximum Gasteiger partial charge on any atom is 0.410 e. The van der Waals surface area contributed by atoms with Crippen molar-refractivity contribution in [2.75, 3.05) is 33.2 Å². The Bertz CT molecular complexity index is 224. The van der Waals surface area contributed by atoms with Gasteiger partial charge in [0.05, 0.1) is 6.54 Å². The molecule has 2 heterocycles. The van der Waals surface area contributed by atoms with Crippen LogP contribution < -0.4 is 0 Å². The lowest BCUT2D eigenvalue weighted by Crippen LogP contribution is -2.63. The lowest BCUT2D eigenvalue weighted by molar-refractivity contribution is -0.0729. The second-order valence-electron chi connectivity index (χ2n) is 4.12. The number of hydrogen-bond donors (Lipinski definition) is 0. The van der Waals surface area contributed by atoms with Crippen LogP contribution in [0.5, 0.6) is 0 Å². The molecule has 0 saturated carbocycles. The summed E-state index contributed by atoms with van der Waals surface area (Å²) in [6.45, 7) is 5.86. The molecule has 2 fully saturated rings. The molecule has 0 unspecified atom stereocenters. The number of hydrogen-bond acceptors (Lipinski definition) is 3. The molecule has 0 atom stereocenters. The number of amides is 1. The van der Waals surface area contributed by atoms with E-state index in [1.165, 1.54) is 6.42 Å². The van der Waals surface area contributed by atoms with E-state index in [0.29, 0.717) is 0 Å². The van der Waals surface area contributed by atoms with Crippen LogP contribution in [-0.4, -0.2) is 54.7 Å². The molecular formula is C9H16N2O2. The Kier molecular flexibility index (Phi) is 1.95. The minimum atomic E-state index is -0.170. The topological polar surface area (TPSA) is 32.8 Å². The van der Waals surface area contributed by atoms with Gasteiger partial charge < -0.3 is 9.64 Å². The van der Waals surface area contributed by atoms with Gasteiger partial charge >= 0.3 is 6.09 Å². The number of rotatable bonds is 2. The molecule has 4 nitrogen and oxygen atoms in total. The van der Waals surface area contributed by atoms with Crippen LogP contribution in [0.1, 0.15) is 13.3 Å². The molecule has 0 bridgehead atoms. The third-order valence-electron chi connectivity index (χ3n) is 2.70. The second kappa shape index (κ2) is 2.87. The molecule has 0 radical (unpaired) electrons. The van der Waals surface area contributed by atoms with Gasteiger partial charge in [-0.1, -0.05) is 6.92 Å². The summed E-state index contributed by atoms with van der Waals surface area (Å²) in [4.78, 5) is 15.1. The normalized spacial score (nSPS) is 26.3. The van der Waals surface area contributed by atoms with E-state index in [4.69, 9.17) is 4.74 Å². The first-order chi connectivity index (χ1) is 6.15. The van der Waals surface area contributed by atoms with Crippen LogP contribution in [0.2, 0.25) is 0 Å². The van der Waals surface area contributed by atoms with Crippen molar-refractivity contribution in [1.29, 1.82) is 0 Å². The van der Waals surface area contributed by atoms with Crippen molar-refractivity contribution in [2.24, 2.45) is 0 Å². The lowest BCUT2D eigenvalue weighted by atomic mass is 9.94. The molecule has 2 rings (SSSR count). The fraction of sp³-hybridized carbons (Fsp3) is 0.889. The molecule has 2 aliphatic heterocycles. The Morgan fingerprint density at radius 1 is 1.46 bits per heavy atom. The van der Waals surface area contributed by atoms with E-state index in [0.717, 1.165) is 26.2 Å². The van der Waals surface area contributed by atoms with Gasteiger partial charge in [0.1, 0.15) is 0 Å². The van der Waals surface area contributed by atoms with E-state index in [2.05, 4.69) is 11.8 Å². The average molecular weight is 184 g/mol. The summed E-state index contributed by atoms with van der Waals surface area (Å²) in [5, 5.41) is 0. The van der Waals surface area contributed by atoms with E-state index < -0.39 is 0 Å². The average Bonchev–Trinajstić information content (AvgIpc) is 2.27. The van der Waals surface area contributed by atoms with Gasteiger partial charge in [0.2, 0.25) is 0 Å². The van der Waals surface area contributed by atoms with Gasteiger partial charge in [-0.25, -0.2) is 4.79 Å². The second-order valence-corrected chi connectivity index (χ2v) is 4.12. The maximum atomic E-state index is 11.1. The first kappa shape index (κ1) is 8.81. The summed E-state index contributed by atoms with van der Waals surface area (Å²) in [7, 11) is 1.79. The summed E-state index contributed by atoms with van der Waals surface area (Å²) in [5.41, 5.74) is -0.166. The number of likely N-dealkylation sites (tertiary alicyclic amines) is 1. The van der Waals surface area contributed by atoms with Crippen molar-refractivity contribution in [3.63, 3.8) is 0 Å². The van der Waals surface area contributed by atoms with E-state index in [1.54, 1.807) is 11.9 Å². The van der Waals surface area contributed by atoms with Crippen LogP contribution in [0.4, 0.5) is 4.79 Å². The molecule has 2 saturated heterocycles. The Balaban J connectivity index is 1.87. The van der Waals surface area contributed by atoms with Crippen LogP contribution in [-0.2, 0) is 4.74 Å². The molecule has 13 heavy (non-hydrogen) atoms. The Morgan fingerprint density at radius 3 is 2.62 bits per heavy atom. The summed E-state index contributed by atoms with van der Waals surface area (Å²) in [6.07, 6.45) is 0.996. The molecule has 2 aliphatic rings. The first-order valence-electron chi connectivity index (χ1n) is 4.82. The first-order valence-corrected chi connectivity index (χ1v) is 4.82. The molecule has 0 aromatic carbocycles. The predicted molar refractivity (Wildman–Crippen MR) is 48.6 cm³/mol. The predicted octanol–water partition coefficient (Wildman–Crippen LogP) is 0.533. The number of carbonyl (C=O) groups excluding carboxylic acids is 1. The standard InChI is InChI=1S/C9H16N2O2/c1-3-4-11-6-9(7-11)5-10(2)8(12)13-9/h3-7H2,1-2H3. The van der Waals surface area contributed by atoms with Crippen molar-refractivity contribution in [1.82, 2.24) is 9.80 Å². The van der Waals surface area contributed by atoms with Crippen molar-refractivity contribution >= 4 is 6.09 Å². The zero-order chi connectivity index (χ0) is 9.47. The fourth-order valence-corrected chi connectivity index (χ4v) is 2.20. The van der Waals surface area contributed by atoms with Gasteiger partial charge in [0.25, 0.3) is 0 Å². The summed E-state index contributed by atoms with van der Waals surface area (Å²) < 4.78 is 5.32. The highest BCUT2D eigenvalue weighted by molar-refractivity contribution is 5.70. The minimum Gasteiger partial charge on any atom is -0.438 e. The smallest absolute Gasteiger partial charge is 0.410 e. The fourth-order valence-electron chi connectivity index (χ4n) is 2.20. The molecule has 74 valence electrons. The molecule has 4 heteroatoms. The van der Waals surface area contributed by atoms with Gasteiger partial charge in [-0.3, -0.25) is 4.90 Å². The number of likely N-dealkylation sites (N-methyl/N-ethyl adjacent to an activating group) is 1. The van der Waals surface area contributed by atoms with Crippen molar-refractivity contribution < 1.29 is 9.53 Å². The Hall–Kier alpha value is -0.770. The molecular weight excluding hydrogens is 168 g/mol. The van der Waals surface area contributed by atoms with Crippen LogP contribution in [0.15, 0.2) is 0 Å². The van der Waals surface area contributed by atoms with Crippen LogP contribution in [0, 0.1) is 0 Å². The van der Waals surface area contributed by atoms with E-state index in [1.807, 2.05) is 0 Å². The van der Waals surface area contributed by atoms with Crippen molar-refractivity contribution in [3.05, 3.63) is 0 Å². The largest absolute Gasteiger partial charge is 0.438 e. The number of ether oxygens (including phenoxy) is 1. The highest BCUT2D eigenvalue weighted by Crippen LogP contribution is 2.31. The van der Waals surface area contributed by atoms with E-state index >= 15 is 0 Å². The minimum absolute atomic E-state index is 0.166. The van der Waals surface area contributed by atoms with Crippen LogP contribution >= 0.6 is 0 Å². The van der Waals surface area contributed by atoms with Gasteiger partial charge in [0, 0.05) is 20.1 Å². The summed E-state index contributed by atoms with van der Waals surface area (Å²) >= 11 is 0. The van der Waals surface area contributed by atoms with Crippen LogP contribution in [0.25, 0.3) is 0 Å². The zero-order valence-corrected chi connectivity index (χ0v) is 8.25. The van der Waals surface area contributed by atoms with Crippen molar-refractivity contribution in [2.45, 2.75) is 18.9 Å². The van der Waals surface area contributed by atoms with Gasteiger partial charge in [-0.15, -0.1) is 0 Å². The van der Waals surface area contributed by atoms with E-state index in [9.17, 15) is 4.79 Å². The van der Waals surface area contributed by atoms with Gasteiger partial charge in [-0.2, -0.15) is 0 Å². The zero-order valence-electron chi connectivity index (χ0n) is 8.25. The highest BCUT2D eigenvalue weighted by Gasteiger charge is 2.52.